The van der Waals surface area contributed by atoms with Crippen LogP contribution in [0.4, 0.5) is 0 Å². The standard InChI is InChI=1S/C23H19.C12H8Si.2ClH.Zr/c1-16-8-6-7-11-21(16)23-17(2)12-13-19-14-20(15-22(19)23)18-9-4-3-5-10-18;1-3-7-11-9(5-1)10-6-2-4-8-12(10)13-11;;;/h3-15H,1-2H3;1-7,13H;2*1H;/q;;;;+2/p-2. The predicted molar refractivity (Wildman–Crippen MR) is 156 cm³/mol. The van der Waals surface area contributed by atoms with Gasteiger partial charge in [-0.2, -0.15) is 0 Å². The third kappa shape index (κ3) is 3.80. The van der Waals surface area contributed by atoms with Crippen LogP contribution in [-0.2, 0) is 20.9 Å². The van der Waals surface area contributed by atoms with E-state index in [1.54, 1.807) is 35.9 Å². The molecule has 4 heteroatoms. The summed E-state index contributed by atoms with van der Waals surface area (Å²) in [6.07, 6.45) is 2.59. The van der Waals surface area contributed by atoms with Gasteiger partial charge in [-0.15, -0.1) is 0 Å². The van der Waals surface area contributed by atoms with Crippen molar-refractivity contribution in [1.29, 1.82) is 0 Å². The van der Waals surface area contributed by atoms with Gasteiger partial charge in [-0.1, -0.05) is 0 Å². The molecule has 2 aliphatic heterocycles. The molecule has 5 aromatic carbocycles. The number of hydrogen-bond donors (Lipinski definition) is 0. The van der Waals surface area contributed by atoms with Crippen LogP contribution in [0.25, 0.3) is 33.9 Å². The summed E-state index contributed by atoms with van der Waals surface area (Å²) in [6.45, 7) is 4.55. The van der Waals surface area contributed by atoms with E-state index in [9.17, 15) is 0 Å². The molecular formula is C35H27Cl2SiZr. The van der Waals surface area contributed by atoms with Gasteiger partial charge in [0.25, 0.3) is 0 Å². The molecule has 0 radical (unpaired) electrons. The third-order valence-corrected chi connectivity index (χ3v) is 31.0. The summed E-state index contributed by atoms with van der Waals surface area (Å²) in [6, 6.07) is 41.7. The van der Waals surface area contributed by atoms with Crippen molar-refractivity contribution in [1.82, 2.24) is 0 Å². The van der Waals surface area contributed by atoms with Crippen molar-refractivity contribution in [2.75, 3.05) is 0 Å². The van der Waals surface area contributed by atoms with Gasteiger partial charge in [-0.25, -0.2) is 0 Å². The van der Waals surface area contributed by atoms with E-state index in [-0.39, 0.29) is 24.8 Å². The smallest absolute Gasteiger partial charge is 1.00 e. The van der Waals surface area contributed by atoms with E-state index in [4.69, 9.17) is 0 Å². The minimum atomic E-state index is -2.07. The van der Waals surface area contributed by atoms with Gasteiger partial charge in [0.15, 0.2) is 0 Å². The van der Waals surface area contributed by atoms with Gasteiger partial charge in [0.2, 0.25) is 0 Å². The van der Waals surface area contributed by atoms with Crippen LogP contribution < -0.4 is 38.5 Å². The fourth-order valence-electron chi connectivity index (χ4n) is 7.22. The summed E-state index contributed by atoms with van der Waals surface area (Å²) in [4.78, 5) is 0. The van der Waals surface area contributed by atoms with Gasteiger partial charge in [-0.05, 0) is 0 Å². The Labute approximate surface area is 251 Å². The van der Waals surface area contributed by atoms with Crippen LogP contribution >= 0.6 is 0 Å². The van der Waals surface area contributed by atoms with Crippen LogP contribution in [0, 0.1) is 13.8 Å². The molecular weight excluding hydrogens is 611 g/mol. The molecule has 8 rings (SSSR count). The molecule has 0 fully saturated rings. The summed E-state index contributed by atoms with van der Waals surface area (Å²) in [5.41, 5.74) is 14.7. The average molecular weight is 638 g/mol. The van der Waals surface area contributed by atoms with E-state index in [2.05, 4.69) is 129 Å². The summed E-state index contributed by atoms with van der Waals surface area (Å²) in [7, 11) is 0. The Kier molecular flexibility index (Phi) is 6.97. The topological polar surface area (TPSA) is 0 Å². The first-order chi connectivity index (χ1) is 18.2. The van der Waals surface area contributed by atoms with Crippen molar-refractivity contribution < 1.29 is 45.7 Å². The van der Waals surface area contributed by atoms with Gasteiger partial charge in [-0.3, -0.25) is 0 Å². The van der Waals surface area contributed by atoms with E-state index >= 15 is 0 Å². The van der Waals surface area contributed by atoms with E-state index < -0.39 is 26.8 Å². The number of hydrogen-bond acceptors (Lipinski definition) is 0. The Balaban J connectivity index is 0.00000138. The fraction of sp³-hybridized carbons (Fsp3) is 0.0857. The van der Waals surface area contributed by atoms with E-state index in [1.165, 1.54) is 33.4 Å². The van der Waals surface area contributed by atoms with Crippen molar-refractivity contribution >= 4 is 31.2 Å². The van der Waals surface area contributed by atoms with Crippen LogP contribution in [-0.4, -0.2) is 5.92 Å². The molecule has 1 aliphatic carbocycles. The second kappa shape index (κ2) is 10.2. The number of fused-ring (bicyclic) bond motifs is 4. The van der Waals surface area contributed by atoms with Crippen LogP contribution in [0.5, 0.6) is 0 Å². The van der Waals surface area contributed by atoms with E-state index in [0.717, 1.165) is 0 Å². The minimum Gasteiger partial charge on any atom is -1.00 e. The molecule has 39 heavy (non-hydrogen) atoms. The van der Waals surface area contributed by atoms with E-state index in [0.29, 0.717) is 3.63 Å². The molecule has 0 aromatic heterocycles. The first kappa shape index (κ1) is 26.7. The second-order valence-electron chi connectivity index (χ2n) is 10.7. The van der Waals surface area contributed by atoms with Gasteiger partial charge in [0, 0.05) is 0 Å². The van der Waals surface area contributed by atoms with Crippen molar-refractivity contribution in [2.24, 2.45) is 0 Å². The second-order valence-corrected chi connectivity index (χ2v) is 25.7. The number of halogens is 2. The zero-order valence-electron chi connectivity index (χ0n) is 21.9. The summed E-state index contributed by atoms with van der Waals surface area (Å²) in [5.74, 6) is -1.13. The summed E-state index contributed by atoms with van der Waals surface area (Å²) in [5, 5.41) is 3.53. The van der Waals surface area contributed by atoms with E-state index in [1.807, 2.05) is 0 Å². The first-order valence-corrected chi connectivity index (χ1v) is 21.9. The Morgan fingerprint density at radius 1 is 0.615 bits per heavy atom. The molecule has 5 aromatic rings. The Morgan fingerprint density at radius 2 is 1.31 bits per heavy atom. The monoisotopic (exact) mass is 635 g/mol. The number of benzene rings is 5. The number of rotatable bonds is 3. The van der Waals surface area contributed by atoms with Crippen LogP contribution in [0.15, 0.2) is 109 Å². The Morgan fingerprint density at radius 3 is 2.10 bits per heavy atom. The van der Waals surface area contributed by atoms with Crippen molar-refractivity contribution in [2.45, 2.75) is 17.5 Å². The minimum absolute atomic E-state index is 0. The number of aryl methyl sites for hydroxylation is 2. The molecule has 0 nitrogen and oxygen atoms in total. The number of allylic oxidation sites excluding steroid dienone is 1. The zero-order valence-corrected chi connectivity index (χ0v) is 27.0. The van der Waals surface area contributed by atoms with Crippen LogP contribution in [0.1, 0.15) is 31.4 Å². The van der Waals surface area contributed by atoms with Crippen molar-refractivity contribution in [3.05, 3.63) is 137 Å². The molecule has 2 unspecified atom stereocenters. The third-order valence-electron chi connectivity index (χ3n) is 8.82. The molecule has 3 aliphatic rings. The SMILES string of the molecule is Cc1ccccc1-c1c(C)ccc2c1C=C(c1ccccc1)[CH]2[Zr+2]1[c]2cccc3c2[SiH]1c1ccccc1-3.[Cl-].[Cl-]. The molecule has 2 atom stereocenters. The molecule has 0 amide bonds. The molecule has 0 saturated carbocycles. The van der Waals surface area contributed by atoms with Gasteiger partial charge in [0.05, 0.1) is 0 Å². The maximum absolute atomic E-state index is 2.59. The summed E-state index contributed by atoms with van der Waals surface area (Å²) >= 11 is -2.07. The first-order valence-electron chi connectivity index (χ1n) is 13.3. The maximum Gasteiger partial charge on any atom is -1.00 e. The summed E-state index contributed by atoms with van der Waals surface area (Å²) < 4.78 is 2.39. The zero-order chi connectivity index (χ0) is 24.7. The quantitative estimate of drug-likeness (QED) is 0.251. The molecule has 189 valence electrons. The molecule has 0 saturated heterocycles. The van der Waals surface area contributed by atoms with Crippen molar-refractivity contribution in [3.63, 3.8) is 0 Å². The largest absolute Gasteiger partial charge is 1.00 e. The van der Waals surface area contributed by atoms with Crippen LogP contribution in [0.3, 0.4) is 0 Å². The molecule has 0 N–H and O–H groups in total. The van der Waals surface area contributed by atoms with Gasteiger partial charge >= 0.3 is 229 Å². The molecule has 0 spiro atoms. The normalized spacial score (nSPS) is 17.2. The van der Waals surface area contributed by atoms with Gasteiger partial charge in [0.1, 0.15) is 0 Å². The molecule has 2 heterocycles. The Hall–Kier alpha value is -2.48. The average Bonchev–Trinajstić information content (AvgIpc) is 3.45. The molecule has 0 bridgehead atoms. The van der Waals surface area contributed by atoms with Crippen molar-refractivity contribution in [3.8, 4) is 22.3 Å². The van der Waals surface area contributed by atoms with Crippen LogP contribution in [0.2, 0.25) is 0 Å². The van der Waals surface area contributed by atoms with Gasteiger partial charge < -0.3 is 24.8 Å². The fourth-order valence-corrected chi connectivity index (χ4v) is 33.1. The maximum atomic E-state index is 2.59. The Bertz CT molecular complexity index is 1780. The predicted octanol–water partition coefficient (Wildman–Crippen LogP) is 0.349.